The zero-order chi connectivity index (χ0) is 29.3. The Balaban J connectivity index is 1.34. The molecule has 2 unspecified atom stereocenters. The number of imidazole rings is 1. The summed E-state index contributed by atoms with van der Waals surface area (Å²) >= 11 is 0. The van der Waals surface area contributed by atoms with Gasteiger partial charge < -0.3 is 19.3 Å². The summed E-state index contributed by atoms with van der Waals surface area (Å²) < 4.78 is 35.8. The van der Waals surface area contributed by atoms with E-state index in [4.69, 9.17) is 9.72 Å². The molecule has 3 heterocycles. The van der Waals surface area contributed by atoms with Gasteiger partial charge in [-0.2, -0.15) is 0 Å². The van der Waals surface area contributed by atoms with Gasteiger partial charge in [-0.25, -0.2) is 13.8 Å². The van der Waals surface area contributed by atoms with Crippen molar-refractivity contribution in [2.75, 3.05) is 18.0 Å². The van der Waals surface area contributed by atoms with E-state index in [2.05, 4.69) is 15.6 Å². The Morgan fingerprint density at radius 2 is 1.88 bits per heavy atom. The molecule has 0 spiro atoms. The van der Waals surface area contributed by atoms with Gasteiger partial charge in [-0.1, -0.05) is 31.0 Å². The van der Waals surface area contributed by atoms with Crippen molar-refractivity contribution in [1.82, 2.24) is 14.5 Å². The number of carboxylic acid groups (broad SMARTS) is 1. The molecule has 0 amide bonds. The van der Waals surface area contributed by atoms with E-state index >= 15 is 0 Å². The van der Waals surface area contributed by atoms with Crippen LogP contribution in [-0.4, -0.2) is 44.6 Å². The summed E-state index contributed by atoms with van der Waals surface area (Å²) in [7, 11) is 0. The van der Waals surface area contributed by atoms with Gasteiger partial charge in [0.15, 0.2) is 0 Å². The summed E-state index contributed by atoms with van der Waals surface area (Å²) in [5.41, 5.74) is 5.50. The van der Waals surface area contributed by atoms with Crippen LogP contribution in [0.4, 0.5) is 14.5 Å². The highest BCUT2D eigenvalue weighted by molar-refractivity contribution is 5.79. The summed E-state index contributed by atoms with van der Waals surface area (Å²) in [5, 5.41) is 10.1. The Bertz CT molecular complexity index is 1560. The molecule has 2 fully saturated rings. The van der Waals surface area contributed by atoms with Gasteiger partial charge in [0.1, 0.15) is 18.2 Å². The molecule has 1 saturated heterocycles. The number of ether oxygens (including phenoxy) is 1. The largest absolute Gasteiger partial charge is 0.487 e. The van der Waals surface area contributed by atoms with Crippen LogP contribution < -0.4 is 9.64 Å². The molecule has 0 radical (unpaired) electrons. The Hall–Kier alpha value is -4.01. The molecule has 220 valence electrons. The molecule has 7 nitrogen and oxygen atoms in total. The van der Waals surface area contributed by atoms with E-state index in [1.165, 1.54) is 0 Å². The van der Waals surface area contributed by atoms with E-state index in [-0.39, 0.29) is 18.8 Å². The molecule has 2 atom stereocenters. The summed E-state index contributed by atoms with van der Waals surface area (Å²) in [6.45, 7) is 3.43. The van der Waals surface area contributed by atoms with Crippen LogP contribution >= 0.6 is 0 Å². The van der Waals surface area contributed by atoms with Crippen molar-refractivity contribution >= 4 is 22.7 Å². The van der Waals surface area contributed by atoms with Crippen LogP contribution in [0.5, 0.6) is 5.75 Å². The fourth-order valence-corrected chi connectivity index (χ4v) is 6.26. The highest BCUT2D eigenvalue weighted by Crippen LogP contribution is 2.40. The second-order valence-electron chi connectivity index (χ2n) is 11.7. The molecule has 42 heavy (non-hydrogen) atoms. The number of benzene rings is 2. The molecule has 6 rings (SSSR count). The van der Waals surface area contributed by atoms with E-state index in [1.54, 1.807) is 0 Å². The lowest BCUT2D eigenvalue weighted by atomic mass is 9.78. The number of hydrogen-bond donors (Lipinski definition) is 1. The highest BCUT2D eigenvalue weighted by atomic mass is 19.3. The number of nitrogens with zero attached hydrogens (tertiary/aromatic N) is 4. The number of aliphatic carboxylic acids is 1. The number of pyridine rings is 1. The Morgan fingerprint density at radius 3 is 2.64 bits per heavy atom. The van der Waals surface area contributed by atoms with Gasteiger partial charge in [-0.05, 0) is 61.2 Å². The van der Waals surface area contributed by atoms with Gasteiger partial charge >= 0.3 is 5.97 Å². The van der Waals surface area contributed by atoms with Crippen LogP contribution in [-0.2, 0) is 17.9 Å². The van der Waals surface area contributed by atoms with E-state index < -0.39 is 17.8 Å². The number of aryl methyl sites for hydroxylation is 1. The highest BCUT2D eigenvalue weighted by Gasteiger charge is 2.36. The molecule has 9 heteroatoms. The van der Waals surface area contributed by atoms with Crippen molar-refractivity contribution < 1.29 is 23.4 Å². The number of rotatable bonds is 8. The summed E-state index contributed by atoms with van der Waals surface area (Å²) in [6, 6.07) is 17.7. The molecule has 2 aromatic heterocycles. The number of fused-ring (bicyclic) bond motifs is 1. The molecule has 2 aliphatic rings. The lowest BCUT2D eigenvalue weighted by Crippen LogP contribution is -2.39. The van der Waals surface area contributed by atoms with Crippen molar-refractivity contribution in [3.05, 3.63) is 83.4 Å². The van der Waals surface area contributed by atoms with Crippen LogP contribution in [0.3, 0.4) is 0 Å². The smallest absolute Gasteiger partial charge is 0.307 e. The lowest BCUT2D eigenvalue weighted by Gasteiger charge is -2.33. The van der Waals surface area contributed by atoms with Crippen molar-refractivity contribution in [1.29, 1.82) is 0 Å². The number of alkyl halides is 2. The SMILES string of the molecule is Cc1ccc(COc2ccc3nc(C4CCCCC4C(=O)O)n(Cc4cccc(N5CCC(F)(F)CC5)c4)c3c2)nc1. The molecule has 0 bridgehead atoms. The monoisotopic (exact) mass is 574 g/mol. The van der Waals surface area contributed by atoms with Gasteiger partial charge in [0.05, 0.1) is 22.6 Å². The summed E-state index contributed by atoms with van der Waals surface area (Å²) in [5.74, 6) is -2.61. The molecule has 1 aliphatic heterocycles. The molecule has 2 aromatic carbocycles. The number of halogens is 2. The number of piperidine rings is 1. The van der Waals surface area contributed by atoms with Crippen LogP contribution in [0.25, 0.3) is 11.0 Å². The molecule has 1 N–H and O–H groups in total. The second-order valence-corrected chi connectivity index (χ2v) is 11.7. The maximum Gasteiger partial charge on any atom is 0.307 e. The van der Waals surface area contributed by atoms with Gasteiger partial charge in [-0.3, -0.25) is 9.78 Å². The number of carboxylic acids is 1. The first-order valence-corrected chi connectivity index (χ1v) is 14.7. The lowest BCUT2D eigenvalue weighted by molar-refractivity contribution is -0.143. The maximum atomic E-state index is 13.8. The van der Waals surface area contributed by atoms with E-state index in [9.17, 15) is 18.7 Å². The predicted octanol–water partition coefficient (Wildman–Crippen LogP) is 6.96. The number of carbonyl (C=O) groups is 1. The minimum absolute atomic E-state index is 0.146. The zero-order valence-electron chi connectivity index (χ0n) is 23.8. The number of anilines is 1. The van der Waals surface area contributed by atoms with Crippen molar-refractivity contribution in [2.45, 2.75) is 70.4 Å². The van der Waals surface area contributed by atoms with E-state index in [1.807, 2.05) is 66.6 Å². The van der Waals surface area contributed by atoms with Crippen LogP contribution in [0.2, 0.25) is 0 Å². The Labute approximate surface area is 244 Å². The summed E-state index contributed by atoms with van der Waals surface area (Å²) in [4.78, 5) is 23.7. The fourth-order valence-electron chi connectivity index (χ4n) is 6.26. The first-order valence-electron chi connectivity index (χ1n) is 14.7. The third-order valence-electron chi connectivity index (χ3n) is 8.63. The first-order chi connectivity index (χ1) is 20.3. The molecular formula is C33H36F2N4O3. The average molecular weight is 575 g/mol. The van der Waals surface area contributed by atoms with Gasteiger partial charge in [-0.15, -0.1) is 0 Å². The maximum absolute atomic E-state index is 13.8. The first kappa shape index (κ1) is 28.1. The van der Waals surface area contributed by atoms with Crippen molar-refractivity contribution in [3.8, 4) is 5.75 Å². The van der Waals surface area contributed by atoms with Crippen LogP contribution in [0, 0.1) is 12.8 Å². The molecule has 1 aliphatic carbocycles. The molecule has 4 aromatic rings. The van der Waals surface area contributed by atoms with Crippen molar-refractivity contribution in [3.63, 3.8) is 0 Å². The molecular weight excluding hydrogens is 538 g/mol. The third kappa shape index (κ3) is 6.10. The van der Waals surface area contributed by atoms with Crippen LogP contribution in [0.15, 0.2) is 60.8 Å². The predicted molar refractivity (Wildman–Crippen MR) is 157 cm³/mol. The summed E-state index contributed by atoms with van der Waals surface area (Å²) in [6.07, 6.45) is 4.79. The standard InChI is InChI=1S/C33H36F2N4O3/c1-22-9-10-24(36-19-22)21-42-26-11-12-29-30(18-26)39(31(37-29)27-7-2-3-8-28(27)32(40)41)20-23-5-4-6-25(17-23)38-15-13-33(34,35)14-16-38/h4-6,9-12,17-19,27-28H,2-3,7-8,13-16,20-21H2,1H3,(H,40,41). The number of aromatic nitrogens is 3. The second kappa shape index (κ2) is 11.7. The third-order valence-corrected chi connectivity index (χ3v) is 8.63. The van der Waals surface area contributed by atoms with Crippen LogP contribution in [0.1, 0.15) is 67.1 Å². The molecule has 1 saturated carbocycles. The van der Waals surface area contributed by atoms with E-state index in [0.29, 0.717) is 38.4 Å². The van der Waals surface area contributed by atoms with Gasteiger partial charge in [0, 0.05) is 56.3 Å². The minimum atomic E-state index is -2.60. The van der Waals surface area contributed by atoms with E-state index in [0.717, 1.165) is 58.6 Å². The van der Waals surface area contributed by atoms with Gasteiger partial charge in [0.25, 0.3) is 5.92 Å². The fraction of sp³-hybridized carbons (Fsp3) is 0.424. The topological polar surface area (TPSA) is 80.5 Å². The Kier molecular flexibility index (Phi) is 7.84. The van der Waals surface area contributed by atoms with Crippen molar-refractivity contribution in [2.24, 2.45) is 5.92 Å². The average Bonchev–Trinajstić information content (AvgIpc) is 3.34. The minimum Gasteiger partial charge on any atom is -0.487 e. The Morgan fingerprint density at radius 1 is 1.07 bits per heavy atom. The zero-order valence-corrected chi connectivity index (χ0v) is 23.8. The number of hydrogen-bond acceptors (Lipinski definition) is 5. The van der Waals surface area contributed by atoms with Gasteiger partial charge in [0.2, 0.25) is 0 Å². The quantitative estimate of drug-likeness (QED) is 0.245. The normalized spacial score (nSPS) is 20.5.